The lowest BCUT2D eigenvalue weighted by Gasteiger charge is -2.32. The van der Waals surface area contributed by atoms with E-state index in [1.165, 1.54) is 0 Å². The Hall–Kier alpha value is -1.72. The average molecular weight is 328 g/mol. The minimum atomic E-state index is 0.198. The smallest absolute Gasteiger partial charge is 0.224 e. The first-order valence-corrected chi connectivity index (χ1v) is 8.99. The molecule has 1 atom stereocenters. The number of hydrogen-bond acceptors (Lipinski definition) is 5. The van der Waals surface area contributed by atoms with Crippen LogP contribution in [0.2, 0.25) is 0 Å². The van der Waals surface area contributed by atoms with Gasteiger partial charge in [0.25, 0.3) is 0 Å². The number of rotatable bonds is 6. The number of benzene rings is 1. The summed E-state index contributed by atoms with van der Waals surface area (Å²) < 4.78 is 6.03. The number of hydrogen-bond donors (Lipinski definition) is 1. The van der Waals surface area contributed by atoms with Crippen LogP contribution in [0.15, 0.2) is 24.3 Å². The van der Waals surface area contributed by atoms with Gasteiger partial charge in [-0.3, -0.25) is 4.90 Å². The molecule has 0 saturated carbocycles. The highest BCUT2D eigenvalue weighted by atomic mass is 16.5. The molecule has 5 heteroatoms. The minimum Gasteiger partial charge on any atom is -0.477 e. The lowest BCUT2D eigenvalue weighted by molar-refractivity contribution is 0.178. The van der Waals surface area contributed by atoms with Crippen LogP contribution < -0.4 is 10.1 Å². The molecule has 1 unspecified atom stereocenters. The highest BCUT2D eigenvalue weighted by molar-refractivity contribution is 5.83. The molecule has 0 spiro atoms. The Morgan fingerprint density at radius 3 is 2.62 bits per heavy atom. The number of aromatic nitrogens is 2. The first-order chi connectivity index (χ1) is 11.6. The molecule has 0 radical (unpaired) electrons. The molecule has 24 heavy (non-hydrogen) atoms. The zero-order valence-corrected chi connectivity index (χ0v) is 15.0. The first kappa shape index (κ1) is 17.1. The van der Waals surface area contributed by atoms with Crippen LogP contribution in [0, 0.1) is 5.92 Å². The van der Waals surface area contributed by atoms with Gasteiger partial charge in [0.05, 0.1) is 23.6 Å². The van der Waals surface area contributed by atoms with Crippen LogP contribution in [0.1, 0.15) is 39.1 Å². The third-order valence-electron chi connectivity index (χ3n) is 4.59. The van der Waals surface area contributed by atoms with Crippen LogP contribution in [-0.4, -0.2) is 47.7 Å². The maximum Gasteiger partial charge on any atom is 0.224 e. The number of fused-ring (bicyclic) bond motifs is 1. The van der Waals surface area contributed by atoms with Gasteiger partial charge in [0.1, 0.15) is 5.82 Å². The Bertz CT molecular complexity index is 667. The Morgan fingerprint density at radius 1 is 1.12 bits per heavy atom. The Kier molecular flexibility index (Phi) is 5.63. The fourth-order valence-corrected chi connectivity index (χ4v) is 2.99. The molecule has 1 N–H and O–H groups in total. The zero-order chi connectivity index (χ0) is 16.9. The predicted octanol–water partition coefficient (Wildman–Crippen LogP) is 3.02. The van der Waals surface area contributed by atoms with Crippen molar-refractivity contribution in [2.75, 3.05) is 32.8 Å². The second-order valence-corrected chi connectivity index (χ2v) is 6.90. The summed E-state index contributed by atoms with van der Waals surface area (Å²) in [6, 6.07) is 8.32. The maximum absolute atomic E-state index is 6.03. The fraction of sp³-hybridized carbons (Fsp3) is 0.579. The molecule has 5 nitrogen and oxygen atoms in total. The quantitative estimate of drug-likeness (QED) is 0.883. The molecule has 1 aromatic heterocycles. The zero-order valence-electron chi connectivity index (χ0n) is 15.0. The van der Waals surface area contributed by atoms with E-state index in [1.807, 2.05) is 24.3 Å². The molecule has 2 heterocycles. The van der Waals surface area contributed by atoms with Gasteiger partial charge in [0.2, 0.25) is 5.88 Å². The molecule has 1 fully saturated rings. The van der Waals surface area contributed by atoms with Crippen molar-refractivity contribution in [3.8, 4) is 5.88 Å². The summed E-state index contributed by atoms with van der Waals surface area (Å²) >= 11 is 0. The summed E-state index contributed by atoms with van der Waals surface area (Å²) in [5, 5.41) is 4.39. The van der Waals surface area contributed by atoms with Crippen molar-refractivity contribution in [1.82, 2.24) is 20.2 Å². The van der Waals surface area contributed by atoms with Gasteiger partial charge in [-0.1, -0.05) is 26.0 Å². The minimum absolute atomic E-state index is 0.198. The summed E-state index contributed by atoms with van der Waals surface area (Å²) in [6.07, 6.45) is 1.03. The maximum atomic E-state index is 6.03. The standard InChI is InChI=1S/C19H28N4O/c1-14(2)8-13-24-19-16-6-4-5-7-17(16)21-18(22-19)15(3)23-11-9-20-10-12-23/h4-7,14-15,20H,8-13H2,1-3H3. The monoisotopic (exact) mass is 328 g/mol. The molecule has 0 bridgehead atoms. The molecular weight excluding hydrogens is 300 g/mol. The van der Waals surface area contributed by atoms with E-state index in [0.29, 0.717) is 12.5 Å². The topological polar surface area (TPSA) is 50.3 Å². The number of piperazine rings is 1. The van der Waals surface area contributed by atoms with Crippen molar-refractivity contribution in [1.29, 1.82) is 0 Å². The van der Waals surface area contributed by atoms with E-state index in [0.717, 1.165) is 55.2 Å². The van der Waals surface area contributed by atoms with E-state index in [1.54, 1.807) is 0 Å². The van der Waals surface area contributed by atoms with E-state index in [9.17, 15) is 0 Å². The SMILES string of the molecule is CC(C)CCOc1nc(C(C)N2CCNCC2)nc2ccccc12. The van der Waals surface area contributed by atoms with Crippen molar-refractivity contribution >= 4 is 10.9 Å². The molecule has 0 amide bonds. The van der Waals surface area contributed by atoms with Crippen LogP contribution >= 0.6 is 0 Å². The van der Waals surface area contributed by atoms with Crippen LogP contribution in [0.3, 0.4) is 0 Å². The van der Waals surface area contributed by atoms with Gasteiger partial charge >= 0.3 is 0 Å². The van der Waals surface area contributed by atoms with Crippen molar-refractivity contribution < 1.29 is 4.74 Å². The van der Waals surface area contributed by atoms with Crippen molar-refractivity contribution in [2.45, 2.75) is 33.2 Å². The summed E-state index contributed by atoms with van der Waals surface area (Å²) in [4.78, 5) is 12.0. The number of nitrogens with zero attached hydrogens (tertiary/aromatic N) is 3. The van der Waals surface area contributed by atoms with Crippen LogP contribution in [0.5, 0.6) is 5.88 Å². The third kappa shape index (κ3) is 4.02. The third-order valence-corrected chi connectivity index (χ3v) is 4.59. The van der Waals surface area contributed by atoms with Gasteiger partial charge < -0.3 is 10.1 Å². The van der Waals surface area contributed by atoms with Gasteiger partial charge in [0.15, 0.2) is 0 Å². The summed E-state index contributed by atoms with van der Waals surface area (Å²) in [6.45, 7) is 11.4. The molecule has 0 aliphatic carbocycles. The highest BCUT2D eigenvalue weighted by Crippen LogP contribution is 2.26. The average Bonchev–Trinajstić information content (AvgIpc) is 2.61. The van der Waals surface area contributed by atoms with E-state index in [2.05, 4.69) is 31.0 Å². The van der Waals surface area contributed by atoms with Crippen LogP contribution in [0.4, 0.5) is 0 Å². The molecule has 1 saturated heterocycles. The van der Waals surface area contributed by atoms with Crippen LogP contribution in [0.25, 0.3) is 10.9 Å². The van der Waals surface area contributed by atoms with E-state index in [-0.39, 0.29) is 6.04 Å². The molecule has 1 aliphatic heterocycles. The predicted molar refractivity (Wildman–Crippen MR) is 97.3 cm³/mol. The molecule has 3 rings (SSSR count). The van der Waals surface area contributed by atoms with Gasteiger partial charge in [-0.2, -0.15) is 4.98 Å². The van der Waals surface area contributed by atoms with E-state index >= 15 is 0 Å². The second-order valence-electron chi connectivity index (χ2n) is 6.90. The largest absolute Gasteiger partial charge is 0.477 e. The summed E-state index contributed by atoms with van der Waals surface area (Å²) in [5.74, 6) is 2.20. The Morgan fingerprint density at radius 2 is 1.88 bits per heavy atom. The van der Waals surface area contributed by atoms with Crippen molar-refractivity contribution in [3.63, 3.8) is 0 Å². The van der Waals surface area contributed by atoms with Gasteiger partial charge in [-0.05, 0) is 31.4 Å². The number of ether oxygens (including phenoxy) is 1. The van der Waals surface area contributed by atoms with Gasteiger partial charge in [-0.25, -0.2) is 4.98 Å². The molecule has 1 aromatic carbocycles. The summed E-state index contributed by atoms with van der Waals surface area (Å²) in [5.41, 5.74) is 0.962. The number of nitrogens with one attached hydrogen (secondary N) is 1. The number of para-hydroxylation sites is 1. The van der Waals surface area contributed by atoms with Crippen molar-refractivity contribution in [2.24, 2.45) is 5.92 Å². The molecule has 1 aliphatic rings. The van der Waals surface area contributed by atoms with E-state index in [4.69, 9.17) is 14.7 Å². The molecule has 2 aromatic rings. The molecular formula is C19H28N4O. The van der Waals surface area contributed by atoms with Gasteiger partial charge in [-0.15, -0.1) is 0 Å². The van der Waals surface area contributed by atoms with Gasteiger partial charge in [0, 0.05) is 26.2 Å². The van der Waals surface area contributed by atoms with Crippen molar-refractivity contribution in [3.05, 3.63) is 30.1 Å². The van der Waals surface area contributed by atoms with Crippen LogP contribution in [-0.2, 0) is 0 Å². The highest BCUT2D eigenvalue weighted by Gasteiger charge is 2.22. The Labute approximate surface area is 144 Å². The lowest BCUT2D eigenvalue weighted by atomic mass is 10.1. The lowest BCUT2D eigenvalue weighted by Crippen LogP contribution is -2.44. The Balaban J connectivity index is 1.87. The van der Waals surface area contributed by atoms with E-state index < -0.39 is 0 Å². The first-order valence-electron chi connectivity index (χ1n) is 8.99. The molecule has 130 valence electrons. The fourth-order valence-electron chi connectivity index (χ4n) is 2.99. The summed E-state index contributed by atoms with van der Waals surface area (Å²) in [7, 11) is 0. The second kappa shape index (κ2) is 7.90. The normalized spacial score (nSPS) is 17.3.